The van der Waals surface area contributed by atoms with E-state index in [0.717, 1.165) is 12.1 Å². The van der Waals surface area contributed by atoms with Gasteiger partial charge in [0, 0.05) is 6.20 Å². The number of oxime groups is 1. The standard InChI is InChI=1S/C9H13N3O/c10-5-3-7-13-12-8-9-4-1-2-6-11-9/h1-2,4,6,8H,3,5,7,10H2/b12-8+. The topological polar surface area (TPSA) is 60.5 Å². The Morgan fingerprint density at radius 3 is 3.15 bits per heavy atom. The zero-order chi connectivity index (χ0) is 9.36. The van der Waals surface area contributed by atoms with Crippen molar-refractivity contribution in [2.75, 3.05) is 13.2 Å². The second-order valence-corrected chi connectivity index (χ2v) is 2.46. The van der Waals surface area contributed by atoms with Crippen molar-refractivity contribution in [1.29, 1.82) is 0 Å². The van der Waals surface area contributed by atoms with E-state index in [2.05, 4.69) is 10.1 Å². The van der Waals surface area contributed by atoms with E-state index >= 15 is 0 Å². The highest BCUT2D eigenvalue weighted by molar-refractivity contribution is 5.76. The van der Waals surface area contributed by atoms with E-state index < -0.39 is 0 Å². The predicted molar refractivity (Wildman–Crippen MR) is 51.5 cm³/mol. The van der Waals surface area contributed by atoms with Gasteiger partial charge in [-0.3, -0.25) is 4.98 Å². The SMILES string of the molecule is NCCCO/N=C/c1ccccn1. The van der Waals surface area contributed by atoms with Gasteiger partial charge in [0.15, 0.2) is 0 Å². The number of aromatic nitrogens is 1. The minimum Gasteiger partial charge on any atom is -0.396 e. The fourth-order valence-corrected chi connectivity index (χ4v) is 0.744. The van der Waals surface area contributed by atoms with Gasteiger partial charge in [-0.05, 0) is 25.1 Å². The highest BCUT2D eigenvalue weighted by Gasteiger charge is 1.85. The lowest BCUT2D eigenvalue weighted by atomic mass is 10.4. The molecule has 0 radical (unpaired) electrons. The Morgan fingerprint density at radius 2 is 2.46 bits per heavy atom. The number of rotatable bonds is 5. The van der Waals surface area contributed by atoms with Crippen LogP contribution in [0.3, 0.4) is 0 Å². The largest absolute Gasteiger partial charge is 0.396 e. The van der Waals surface area contributed by atoms with E-state index in [1.54, 1.807) is 12.4 Å². The van der Waals surface area contributed by atoms with Gasteiger partial charge in [0.2, 0.25) is 0 Å². The van der Waals surface area contributed by atoms with Crippen molar-refractivity contribution in [3.8, 4) is 0 Å². The number of nitrogens with zero attached hydrogens (tertiary/aromatic N) is 2. The van der Waals surface area contributed by atoms with Crippen molar-refractivity contribution >= 4 is 6.21 Å². The van der Waals surface area contributed by atoms with E-state index in [1.165, 1.54) is 0 Å². The highest BCUT2D eigenvalue weighted by atomic mass is 16.6. The number of nitrogens with two attached hydrogens (primary N) is 1. The Balaban J connectivity index is 2.25. The number of pyridine rings is 1. The van der Waals surface area contributed by atoms with Crippen LogP contribution in [0.2, 0.25) is 0 Å². The molecular formula is C9H13N3O. The third-order valence-electron chi connectivity index (χ3n) is 1.39. The van der Waals surface area contributed by atoms with Crippen molar-refractivity contribution in [2.24, 2.45) is 10.9 Å². The summed E-state index contributed by atoms with van der Waals surface area (Å²) < 4.78 is 0. The fraction of sp³-hybridized carbons (Fsp3) is 0.333. The zero-order valence-electron chi connectivity index (χ0n) is 7.39. The van der Waals surface area contributed by atoms with E-state index in [9.17, 15) is 0 Å². The van der Waals surface area contributed by atoms with Gasteiger partial charge >= 0.3 is 0 Å². The molecule has 0 saturated carbocycles. The van der Waals surface area contributed by atoms with Gasteiger partial charge in [0.1, 0.15) is 6.61 Å². The van der Waals surface area contributed by atoms with Gasteiger partial charge in [0.25, 0.3) is 0 Å². The molecular weight excluding hydrogens is 166 g/mol. The van der Waals surface area contributed by atoms with Gasteiger partial charge in [-0.1, -0.05) is 11.2 Å². The van der Waals surface area contributed by atoms with Gasteiger partial charge in [0.05, 0.1) is 11.9 Å². The molecule has 1 rings (SSSR count). The molecule has 0 saturated heterocycles. The summed E-state index contributed by atoms with van der Waals surface area (Å²) in [6, 6.07) is 5.61. The van der Waals surface area contributed by atoms with E-state index in [-0.39, 0.29) is 0 Å². The monoisotopic (exact) mass is 179 g/mol. The maximum absolute atomic E-state index is 5.28. The molecule has 4 heteroatoms. The molecule has 1 heterocycles. The normalized spacial score (nSPS) is 10.5. The van der Waals surface area contributed by atoms with Gasteiger partial charge in [-0.15, -0.1) is 0 Å². The lowest BCUT2D eigenvalue weighted by Crippen LogP contribution is -2.02. The van der Waals surface area contributed by atoms with Gasteiger partial charge in [-0.25, -0.2) is 0 Å². The van der Waals surface area contributed by atoms with Crippen LogP contribution in [0.5, 0.6) is 0 Å². The highest BCUT2D eigenvalue weighted by Crippen LogP contribution is 1.89. The molecule has 0 fully saturated rings. The summed E-state index contributed by atoms with van der Waals surface area (Å²) in [7, 11) is 0. The summed E-state index contributed by atoms with van der Waals surface area (Å²) in [5, 5.41) is 3.74. The quantitative estimate of drug-likeness (QED) is 0.413. The fourth-order valence-electron chi connectivity index (χ4n) is 0.744. The Kier molecular flexibility index (Phi) is 4.56. The van der Waals surface area contributed by atoms with Crippen LogP contribution in [0.4, 0.5) is 0 Å². The molecule has 13 heavy (non-hydrogen) atoms. The Morgan fingerprint density at radius 1 is 1.54 bits per heavy atom. The van der Waals surface area contributed by atoms with Crippen molar-refractivity contribution in [3.05, 3.63) is 30.1 Å². The summed E-state index contributed by atoms with van der Waals surface area (Å²) in [6.45, 7) is 1.18. The van der Waals surface area contributed by atoms with E-state index in [1.807, 2.05) is 18.2 Å². The summed E-state index contributed by atoms with van der Waals surface area (Å²) >= 11 is 0. The summed E-state index contributed by atoms with van der Waals surface area (Å²) in [6.07, 6.45) is 4.11. The van der Waals surface area contributed by atoms with E-state index in [4.69, 9.17) is 10.6 Å². The first-order chi connectivity index (χ1) is 6.43. The number of hydrogen-bond acceptors (Lipinski definition) is 4. The van der Waals surface area contributed by atoms with Crippen molar-refractivity contribution in [1.82, 2.24) is 4.98 Å². The van der Waals surface area contributed by atoms with Gasteiger partial charge in [-0.2, -0.15) is 0 Å². The first-order valence-corrected chi connectivity index (χ1v) is 4.20. The molecule has 70 valence electrons. The second kappa shape index (κ2) is 6.14. The van der Waals surface area contributed by atoms with Crippen LogP contribution in [-0.2, 0) is 4.84 Å². The van der Waals surface area contributed by atoms with E-state index in [0.29, 0.717) is 13.2 Å². The van der Waals surface area contributed by atoms with Crippen molar-refractivity contribution < 1.29 is 4.84 Å². The van der Waals surface area contributed by atoms with Crippen molar-refractivity contribution in [2.45, 2.75) is 6.42 Å². The lowest BCUT2D eigenvalue weighted by Gasteiger charge is -1.95. The second-order valence-electron chi connectivity index (χ2n) is 2.46. The predicted octanol–water partition coefficient (Wildman–Crippen LogP) is 0.781. The minimum absolute atomic E-state index is 0.555. The maximum atomic E-state index is 5.28. The molecule has 0 aliphatic heterocycles. The Hall–Kier alpha value is -1.42. The summed E-state index contributed by atoms with van der Waals surface area (Å²) in [5.41, 5.74) is 6.06. The molecule has 0 amide bonds. The van der Waals surface area contributed by atoms with Crippen LogP contribution in [0, 0.1) is 0 Å². The van der Waals surface area contributed by atoms with Crippen LogP contribution in [0.1, 0.15) is 12.1 Å². The lowest BCUT2D eigenvalue weighted by molar-refractivity contribution is 0.145. The molecule has 0 aromatic carbocycles. The van der Waals surface area contributed by atoms with Crippen LogP contribution in [0.25, 0.3) is 0 Å². The molecule has 0 unspecified atom stereocenters. The smallest absolute Gasteiger partial charge is 0.118 e. The molecule has 2 N–H and O–H groups in total. The molecule has 0 atom stereocenters. The molecule has 0 aliphatic carbocycles. The molecule has 0 aliphatic rings. The minimum atomic E-state index is 0.555. The van der Waals surface area contributed by atoms with Crippen molar-refractivity contribution in [3.63, 3.8) is 0 Å². The van der Waals surface area contributed by atoms with Gasteiger partial charge < -0.3 is 10.6 Å². The molecule has 0 spiro atoms. The first-order valence-electron chi connectivity index (χ1n) is 4.20. The maximum Gasteiger partial charge on any atom is 0.118 e. The first kappa shape index (κ1) is 9.67. The average Bonchev–Trinajstić information content (AvgIpc) is 2.19. The summed E-state index contributed by atoms with van der Waals surface area (Å²) in [4.78, 5) is 8.97. The average molecular weight is 179 g/mol. The van der Waals surface area contributed by atoms with Crippen LogP contribution in [-0.4, -0.2) is 24.4 Å². The molecule has 4 nitrogen and oxygen atoms in total. The van der Waals surface area contributed by atoms with Crippen LogP contribution in [0.15, 0.2) is 29.6 Å². The zero-order valence-corrected chi connectivity index (χ0v) is 7.39. The summed E-state index contributed by atoms with van der Waals surface area (Å²) in [5.74, 6) is 0. The van der Waals surface area contributed by atoms with Crippen LogP contribution < -0.4 is 5.73 Å². The van der Waals surface area contributed by atoms with Crippen LogP contribution >= 0.6 is 0 Å². The third-order valence-corrected chi connectivity index (χ3v) is 1.39. The molecule has 1 aromatic rings. The Bertz CT molecular complexity index is 248. The molecule has 1 aromatic heterocycles. The number of hydrogen-bond donors (Lipinski definition) is 1. The Labute approximate surface area is 77.4 Å². The molecule has 0 bridgehead atoms. The third kappa shape index (κ3) is 4.22.